The number of hydrogen-bond donors (Lipinski definition) is 4. The lowest BCUT2D eigenvalue weighted by Gasteiger charge is -2.25. The molecular formula is C22H33N3O5. The van der Waals surface area contributed by atoms with Crippen molar-refractivity contribution in [2.45, 2.75) is 63.6 Å². The first-order valence-electron chi connectivity index (χ1n) is 10.7. The summed E-state index contributed by atoms with van der Waals surface area (Å²) in [5.74, 6) is -1.84. The van der Waals surface area contributed by atoms with Crippen LogP contribution < -0.4 is 16.0 Å². The first kappa shape index (κ1) is 23.8. The minimum atomic E-state index is -1.05. The van der Waals surface area contributed by atoms with Crippen molar-refractivity contribution in [3.63, 3.8) is 0 Å². The van der Waals surface area contributed by atoms with E-state index in [-0.39, 0.29) is 6.61 Å². The van der Waals surface area contributed by atoms with Crippen molar-refractivity contribution in [1.82, 2.24) is 16.0 Å². The quantitative estimate of drug-likeness (QED) is 0.469. The first-order chi connectivity index (χ1) is 14.5. The molecule has 1 fully saturated rings. The molecule has 0 unspecified atom stereocenters. The van der Waals surface area contributed by atoms with E-state index in [1.54, 1.807) is 6.92 Å². The molecule has 0 saturated carbocycles. The van der Waals surface area contributed by atoms with Gasteiger partial charge in [-0.15, -0.1) is 0 Å². The Morgan fingerprint density at radius 1 is 1.20 bits per heavy atom. The van der Waals surface area contributed by atoms with Gasteiger partial charge in [-0.05, 0) is 64.1 Å². The molecular weight excluding hydrogens is 386 g/mol. The summed E-state index contributed by atoms with van der Waals surface area (Å²) >= 11 is 0. The van der Waals surface area contributed by atoms with Gasteiger partial charge in [0.15, 0.2) is 0 Å². The molecule has 1 aliphatic heterocycles. The molecule has 0 bridgehead atoms. The fourth-order valence-electron chi connectivity index (χ4n) is 3.52. The molecule has 0 spiro atoms. The lowest BCUT2D eigenvalue weighted by molar-refractivity contribution is -0.147. The zero-order valence-electron chi connectivity index (χ0n) is 17.6. The van der Waals surface area contributed by atoms with E-state index in [1.807, 2.05) is 30.3 Å². The molecule has 0 radical (unpaired) electrons. The van der Waals surface area contributed by atoms with Crippen molar-refractivity contribution in [3.05, 3.63) is 35.9 Å². The second-order valence-electron chi connectivity index (χ2n) is 7.48. The summed E-state index contributed by atoms with van der Waals surface area (Å²) in [6.07, 6.45) is 3.38. The van der Waals surface area contributed by atoms with Crippen LogP contribution in [0.3, 0.4) is 0 Å². The summed E-state index contributed by atoms with van der Waals surface area (Å²) in [6.45, 7) is 3.44. The third kappa shape index (κ3) is 8.12. The minimum Gasteiger partial charge on any atom is -0.480 e. The van der Waals surface area contributed by atoms with E-state index in [2.05, 4.69) is 16.0 Å². The Morgan fingerprint density at radius 3 is 2.57 bits per heavy atom. The molecule has 1 aromatic carbocycles. The van der Waals surface area contributed by atoms with E-state index < -0.39 is 36.0 Å². The number of benzene rings is 1. The highest BCUT2D eigenvalue weighted by atomic mass is 16.5. The SMILES string of the molecule is CCOC(=O)[C@H](CCc1ccccc1)N[C@H]1CCCNCCC[C@@H](C(=O)O)NC1=O. The fourth-order valence-corrected chi connectivity index (χ4v) is 3.52. The molecule has 4 N–H and O–H groups in total. The predicted octanol–water partition coefficient (Wildman–Crippen LogP) is 1.24. The number of rotatable bonds is 8. The van der Waals surface area contributed by atoms with Crippen LogP contribution in [-0.2, 0) is 25.5 Å². The van der Waals surface area contributed by atoms with Crippen LogP contribution in [0.4, 0.5) is 0 Å². The number of amides is 1. The molecule has 1 amide bonds. The summed E-state index contributed by atoms with van der Waals surface area (Å²) in [6, 6.07) is 7.55. The lowest BCUT2D eigenvalue weighted by atomic mass is 10.0. The summed E-state index contributed by atoms with van der Waals surface area (Å²) < 4.78 is 5.21. The summed E-state index contributed by atoms with van der Waals surface area (Å²) in [5, 5.41) is 18.5. The molecule has 0 aromatic heterocycles. The summed E-state index contributed by atoms with van der Waals surface area (Å²) in [7, 11) is 0. The highest BCUT2D eigenvalue weighted by Crippen LogP contribution is 2.10. The molecule has 1 aromatic rings. The lowest BCUT2D eigenvalue weighted by Crippen LogP contribution is -2.54. The maximum Gasteiger partial charge on any atom is 0.326 e. The molecule has 1 saturated heterocycles. The van der Waals surface area contributed by atoms with Crippen molar-refractivity contribution in [2.24, 2.45) is 0 Å². The largest absolute Gasteiger partial charge is 0.480 e. The Balaban J connectivity index is 2.10. The Morgan fingerprint density at radius 2 is 1.90 bits per heavy atom. The van der Waals surface area contributed by atoms with Crippen LogP contribution in [-0.4, -0.2) is 60.8 Å². The van der Waals surface area contributed by atoms with Crippen LogP contribution in [0.5, 0.6) is 0 Å². The van der Waals surface area contributed by atoms with Crippen molar-refractivity contribution in [1.29, 1.82) is 0 Å². The number of carbonyl (C=O) groups is 3. The van der Waals surface area contributed by atoms with Gasteiger partial charge in [0.05, 0.1) is 12.6 Å². The van der Waals surface area contributed by atoms with Crippen LogP contribution in [0.25, 0.3) is 0 Å². The van der Waals surface area contributed by atoms with Crippen molar-refractivity contribution in [2.75, 3.05) is 19.7 Å². The van der Waals surface area contributed by atoms with E-state index in [1.165, 1.54) is 0 Å². The average Bonchev–Trinajstić information content (AvgIpc) is 2.77. The molecule has 1 aliphatic rings. The van der Waals surface area contributed by atoms with E-state index in [4.69, 9.17) is 4.74 Å². The van der Waals surface area contributed by atoms with Gasteiger partial charge >= 0.3 is 11.9 Å². The number of ether oxygens (including phenoxy) is 1. The fraction of sp³-hybridized carbons (Fsp3) is 0.591. The summed E-state index contributed by atoms with van der Waals surface area (Å²) in [5.41, 5.74) is 1.09. The molecule has 8 nitrogen and oxygen atoms in total. The van der Waals surface area contributed by atoms with Gasteiger partial charge in [0.1, 0.15) is 12.1 Å². The number of hydrogen-bond acceptors (Lipinski definition) is 6. The van der Waals surface area contributed by atoms with Crippen LogP contribution >= 0.6 is 0 Å². The Hall–Kier alpha value is -2.45. The topological polar surface area (TPSA) is 117 Å². The van der Waals surface area contributed by atoms with E-state index in [0.29, 0.717) is 38.6 Å². The highest BCUT2D eigenvalue weighted by Gasteiger charge is 2.30. The smallest absolute Gasteiger partial charge is 0.326 e. The minimum absolute atomic E-state index is 0.254. The van der Waals surface area contributed by atoms with Crippen molar-refractivity contribution < 1.29 is 24.2 Å². The number of nitrogens with one attached hydrogen (secondary N) is 3. The van der Waals surface area contributed by atoms with Gasteiger partial charge in [-0.3, -0.25) is 14.9 Å². The number of carboxylic acid groups (broad SMARTS) is 1. The highest BCUT2D eigenvalue weighted by molar-refractivity contribution is 5.87. The molecule has 1 heterocycles. The zero-order valence-corrected chi connectivity index (χ0v) is 17.6. The van der Waals surface area contributed by atoms with Gasteiger partial charge in [-0.25, -0.2) is 4.79 Å². The van der Waals surface area contributed by atoms with Crippen LogP contribution in [0, 0.1) is 0 Å². The van der Waals surface area contributed by atoms with Gasteiger partial charge < -0.3 is 20.5 Å². The normalized spacial score (nSPS) is 21.7. The zero-order chi connectivity index (χ0) is 21.8. The van der Waals surface area contributed by atoms with Crippen LogP contribution in [0.1, 0.15) is 44.6 Å². The Bertz CT molecular complexity index is 683. The predicted molar refractivity (Wildman–Crippen MR) is 113 cm³/mol. The molecule has 166 valence electrons. The maximum absolute atomic E-state index is 12.8. The third-order valence-corrected chi connectivity index (χ3v) is 5.16. The number of esters is 1. The van der Waals surface area contributed by atoms with E-state index in [9.17, 15) is 19.5 Å². The molecule has 8 heteroatoms. The van der Waals surface area contributed by atoms with Crippen LogP contribution in [0.2, 0.25) is 0 Å². The molecule has 0 aliphatic carbocycles. The van der Waals surface area contributed by atoms with Gasteiger partial charge in [-0.1, -0.05) is 30.3 Å². The molecule has 30 heavy (non-hydrogen) atoms. The van der Waals surface area contributed by atoms with Gasteiger partial charge in [-0.2, -0.15) is 0 Å². The second-order valence-corrected chi connectivity index (χ2v) is 7.48. The van der Waals surface area contributed by atoms with Gasteiger partial charge in [0, 0.05) is 0 Å². The van der Waals surface area contributed by atoms with Crippen molar-refractivity contribution in [3.8, 4) is 0 Å². The molecule has 2 rings (SSSR count). The number of carboxylic acids is 1. The summed E-state index contributed by atoms with van der Waals surface area (Å²) in [4.78, 5) is 36.9. The van der Waals surface area contributed by atoms with Crippen LogP contribution in [0.15, 0.2) is 30.3 Å². The average molecular weight is 420 g/mol. The number of carbonyl (C=O) groups excluding carboxylic acids is 2. The first-order valence-corrected chi connectivity index (χ1v) is 10.7. The van der Waals surface area contributed by atoms with Gasteiger partial charge in [0.2, 0.25) is 5.91 Å². The molecule has 3 atom stereocenters. The van der Waals surface area contributed by atoms with Gasteiger partial charge in [0.25, 0.3) is 0 Å². The monoisotopic (exact) mass is 419 g/mol. The number of aliphatic carboxylic acids is 1. The second kappa shape index (κ2) is 13.0. The number of aryl methyl sites for hydroxylation is 1. The van der Waals surface area contributed by atoms with Crippen molar-refractivity contribution >= 4 is 17.8 Å². The van der Waals surface area contributed by atoms with E-state index in [0.717, 1.165) is 18.5 Å². The standard InChI is InChI=1S/C22H33N3O5/c1-2-30-22(29)19(13-12-16-8-4-3-5-9-16)24-17-10-6-14-23-15-7-11-18(21(27)28)25-20(17)26/h3-5,8-9,17-19,23-24H,2,6-7,10-15H2,1H3,(H,25,26)(H,27,28)/t17-,18-,19-/m0/s1. The van der Waals surface area contributed by atoms with E-state index >= 15 is 0 Å². The maximum atomic E-state index is 12.8. The third-order valence-electron chi connectivity index (χ3n) is 5.16. The Labute approximate surface area is 177 Å². The Kier molecular flexibility index (Phi) is 10.3.